The van der Waals surface area contributed by atoms with Crippen molar-refractivity contribution in [3.63, 3.8) is 0 Å². The van der Waals surface area contributed by atoms with Crippen molar-refractivity contribution < 1.29 is 9.50 Å². The lowest BCUT2D eigenvalue weighted by Crippen LogP contribution is -2.55. The summed E-state index contributed by atoms with van der Waals surface area (Å²) in [5, 5.41) is 20.3. The van der Waals surface area contributed by atoms with Crippen molar-refractivity contribution in [2.75, 3.05) is 7.05 Å². The lowest BCUT2D eigenvalue weighted by Gasteiger charge is -2.51. The highest BCUT2D eigenvalue weighted by Crippen LogP contribution is 2.44. The standard InChI is InChI=1S/C16H19FN2O/c1-19-13-3-2-4-14(19)9-16(20,8-13)15-7-12(17)6-5-11(15)10-18/h5-7,13-14,20H,2-4,8-9H2,1H3. The van der Waals surface area contributed by atoms with Crippen LogP contribution in [0.1, 0.15) is 43.2 Å². The highest BCUT2D eigenvalue weighted by molar-refractivity contribution is 5.42. The van der Waals surface area contributed by atoms with Crippen LogP contribution < -0.4 is 0 Å². The summed E-state index contributed by atoms with van der Waals surface area (Å²) in [6.07, 6.45) is 4.47. The monoisotopic (exact) mass is 274 g/mol. The van der Waals surface area contributed by atoms with E-state index in [1.807, 2.05) is 0 Å². The Balaban J connectivity index is 2.01. The summed E-state index contributed by atoms with van der Waals surface area (Å²) < 4.78 is 13.5. The largest absolute Gasteiger partial charge is 0.385 e. The third-order valence-corrected chi connectivity index (χ3v) is 4.98. The third-order valence-electron chi connectivity index (χ3n) is 4.98. The maximum Gasteiger partial charge on any atom is 0.123 e. The minimum Gasteiger partial charge on any atom is -0.385 e. The molecule has 1 aromatic rings. The molecule has 2 bridgehead atoms. The Morgan fingerprint density at radius 1 is 1.35 bits per heavy atom. The molecule has 1 aromatic carbocycles. The lowest BCUT2D eigenvalue weighted by molar-refractivity contribution is -0.0877. The van der Waals surface area contributed by atoms with Gasteiger partial charge in [0.15, 0.2) is 0 Å². The number of nitrogens with zero attached hydrogens (tertiary/aromatic N) is 2. The SMILES string of the molecule is CN1C2CCCC1CC(O)(c1cc(F)ccc1C#N)C2. The molecule has 0 radical (unpaired) electrons. The number of fused-ring (bicyclic) bond motifs is 2. The molecule has 0 saturated carbocycles. The molecule has 2 saturated heterocycles. The number of benzene rings is 1. The maximum absolute atomic E-state index is 13.5. The summed E-state index contributed by atoms with van der Waals surface area (Å²) in [6, 6.07) is 6.81. The van der Waals surface area contributed by atoms with Crippen molar-refractivity contribution in [2.24, 2.45) is 0 Å². The average Bonchev–Trinajstić information content (AvgIpc) is 2.41. The van der Waals surface area contributed by atoms with Crippen LogP contribution in [0.25, 0.3) is 0 Å². The Morgan fingerprint density at radius 3 is 2.60 bits per heavy atom. The van der Waals surface area contributed by atoms with Gasteiger partial charge in [-0.2, -0.15) is 5.26 Å². The van der Waals surface area contributed by atoms with Crippen molar-refractivity contribution in [1.82, 2.24) is 4.90 Å². The van der Waals surface area contributed by atoms with Crippen LogP contribution in [0.2, 0.25) is 0 Å². The van der Waals surface area contributed by atoms with Gasteiger partial charge in [-0.25, -0.2) is 4.39 Å². The molecule has 2 heterocycles. The van der Waals surface area contributed by atoms with E-state index in [1.54, 1.807) is 0 Å². The molecular weight excluding hydrogens is 255 g/mol. The van der Waals surface area contributed by atoms with Gasteiger partial charge in [-0.15, -0.1) is 0 Å². The molecule has 0 aliphatic carbocycles. The normalized spacial score (nSPS) is 33.7. The van der Waals surface area contributed by atoms with Crippen LogP contribution in [0.5, 0.6) is 0 Å². The minimum absolute atomic E-state index is 0.322. The first-order chi connectivity index (χ1) is 9.53. The quantitative estimate of drug-likeness (QED) is 0.856. The zero-order chi connectivity index (χ0) is 14.3. The Bertz CT molecular complexity index is 552. The number of piperidine rings is 2. The van der Waals surface area contributed by atoms with Crippen LogP contribution in [0, 0.1) is 17.1 Å². The second-order valence-corrected chi connectivity index (χ2v) is 6.15. The molecule has 3 rings (SSSR count). The number of rotatable bonds is 1. The van der Waals surface area contributed by atoms with E-state index < -0.39 is 11.4 Å². The van der Waals surface area contributed by atoms with E-state index in [9.17, 15) is 14.8 Å². The van der Waals surface area contributed by atoms with Gasteiger partial charge < -0.3 is 10.0 Å². The number of hydrogen-bond donors (Lipinski definition) is 1. The molecule has 2 atom stereocenters. The van der Waals surface area contributed by atoms with E-state index in [-0.39, 0.29) is 0 Å². The predicted octanol–water partition coefficient (Wildman–Crippen LogP) is 2.53. The Kier molecular flexibility index (Phi) is 3.27. The van der Waals surface area contributed by atoms with Crippen LogP contribution in [0.3, 0.4) is 0 Å². The summed E-state index contributed by atoms with van der Waals surface area (Å²) in [5.41, 5.74) is -0.225. The average molecular weight is 274 g/mol. The highest BCUT2D eigenvalue weighted by atomic mass is 19.1. The third kappa shape index (κ3) is 2.11. The van der Waals surface area contributed by atoms with Gasteiger partial charge in [-0.3, -0.25) is 0 Å². The molecule has 1 N–H and O–H groups in total. The molecular formula is C16H19FN2O. The van der Waals surface area contributed by atoms with Crippen molar-refractivity contribution >= 4 is 0 Å². The van der Waals surface area contributed by atoms with Gasteiger partial charge in [0.05, 0.1) is 17.2 Å². The fraction of sp³-hybridized carbons (Fsp3) is 0.562. The summed E-state index contributed by atoms with van der Waals surface area (Å²) in [7, 11) is 2.10. The van der Waals surface area contributed by atoms with Crippen molar-refractivity contribution in [2.45, 2.75) is 49.8 Å². The number of aliphatic hydroxyl groups is 1. The first-order valence-electron chi connectivity index (χ1n) is 7.18. The molecule has 0 aromatic heterocycles. The van der Waals surface area contributed by atoms with Gasteiger partial charge in [-0.1, -0.05) is 6.42 Å². The van der Waals surface area contributed by atoms with Gasteiger partial charge in [0, 0.05) is 17.6 Å². The summed E-state index contributed by atoms with van der Waals surface area (Å²) in [6.45, 7) is 0. The number of nitriles is 1. The first-order valence-corrected chi connectivity index (χ1v) is 7.18. The summed E-state index contributed by atoms with van der Waals surface area (Å²) in [4.78, 5) is 2.34. The number of halogens is 1. The Hall–Kier alpha value is -1.44. The molecule has 2 fully saturated rings. The molecule has 4 heteroatoms. The van der Waals surface area contributed by atoms with Crippen LogP contribution in [-0.4, -0.2) is 29.1 Å². The van der Waals surface area contributed by atoms with Crippen molar-refractivity contribution in [3.8, 4) is 6.07 Å². The van der Waals surface area contributed by atoms with Crippen LogP contribution in [0.4, 0.5) is 4.39 Å². The van der Waals surface area contributed by atoms with E-state index in [2.05, 4.69) is 18.0 Å². The fourth-order valence-electron chi connectivity index (χ4n) is 3.87. The van der Waals surface area contributed by atoms with Crippen LogP contribution in [-0.2, 0) is 5.60 Å². The van der Waals surface area contributed by atoms with Gasteiger partial charge in [-0.05, 0) is 50.9 Å². The van der Waals surface area contributed by atoms with Crippen LogP contribution >= 0.6 is 0 Å². The van der Waals surface area contributed by atoms with E-state index in [0.29, 0.717) is 36.1 Å². The van der Waals surface area contributed by atoms with Crippen molar-refractivity contribution in [1.29, 1.82) is 5.26 Å². The van der Waals surface area contributed by atoms with E-state index in [4.69, 9.17) is 0 Å². The van der Waals surface area contributed by atoms with Gasteiger partial charge >= 0.3 is 0 Å². The fourth-order valence-corrected chi connectivity index (χ4v) is 3.87. The van der Waals surface area contributed by atoms with Gasteiger partial charge in [0.25, 0.3) is 0 Å². The van der Waals surface area contributed by atoms with E-state index in [1.165, 1.54) is 24.6 Å². The Labute approximate surface area is 118 Å². The van der Waals surface area contributed by atoms with Crippen molar-refractivity contribution in [3.05, 3.63) is 35.1 Å². The van der Waals surface area contributed by atoms with Gasteiger partial charge in [0.2, 0.25) is 0 Å². The Morgan fingerprint density at radius 2 is 2.00 bits per heavy atom. The molecule has 2 aliphatic heterocycles. The zero-order valence-corrected chi connectivity index (χ0v) is 11.6. The molecule has 20 heavy (non-hydrogen) atoms. The zero-order valence-electron chi connectivity index (χ0n) is 11.6. The van der Waals surface area contributed by atoms with E-state index >= 15 is 0 Å². The summed E-state index contributed by atoms with van der Waals surface area (Å²) >= 11 is 0. The minimum atomic E-state index is -1.07. The number of hydrogen-bond acceptors (Lipinski definition) is 3. The van der Waals surface area contributed by atoms with Gasteiger partial charge in [0.1, 0.15) is 5.82 Å². The highest BCUT2D eigenvalue weighted by Gasteiger charge is 2.45. The second kappa shape index (κ2) is 4.83. The topological polar surface area (TPSA) is 47.3 Å². The molecule has 2 unspecified atom stereocenters. The smallest absolute Gasteiger partial charge is 0.123 e. The lowest BCUT2D eigenvalue weighted by atomic mass is 9.72. The van der Waals surface area contributed by atoms with E-state index in [0.717, 1.165) is 12.8 Å². The maximum atomic E-state index is 13.5. The molecule has 0 amide bonds. The predicted molar refractivity (Wildman–Crippen MR) is 73.4 cm³/mol. The molecule has 2 aliphatic rings. The first kappa shape index (κ1) is 13.5. The second-order valence-electron chi connectivity index (χ2n) is 6.15. The molecule has 106 valence electrons. The molecule has 3 nitrogen and oxygen atoms in total. The van der Waals surface area contributed by atoms with Crippen LogP contribution in [0.15, 0.2) is 18.2 Å². The summed E-state index contributed by atoms with van der Waals surface area (Å²) in [5.74, 6) is -0.392. The molecule has 0 spiro atoms.